The summed E-state index contributed by atoms with van der Waals surface area (Å²) in [5.41, 5.74) is 4.53. The molecule has 0 aliphatic heterocycles. The number of methoxy groups -OCH3 is 1. The van der Waals surface area contributed by atoms with Crippen LogP contribution in [-0.4, -0.2) is 23.1 Å². The molecule has 0 spiro atoms. The molecule has 0 unspecified atom stereocenters. The molecule has 156 valence electrons. The van der Waals surface area contributed by atoms with Gasteiger partial charge in [0.2, 0.25) is 5.89 Å². The number of amides is 1. The number of nitrogens with zero attached hydrogens (tertiary/aromatic N) is 1. The predicted octanol–water partition coefficient (Wildman–Crippen LogP) is 5.19. The number of benzene rings is 3. The van der Waals surface area contributed by atoms with Crippen LogP contribution in [0.4, 0.5) is 5.69 Å². The monoisotopic (exact) mass is 431 g/mol. The van der Waals surface area contributed by atoms with Gasteiger partial charge in [-0.05, 0) is 66.7 Å². The van der Waals surface area contributed by atoms with Crippen LogP contribution in [0.2, 0.25) is 0 Å². The highest BCUT2D eigenvalue weighted by Gasteiger charge is 2.14. The van der Waals surface area contributed by atoms with Gasteiger partial charge in [-0.1, -0.05) is 31.2 Å². The van der Waals surface area contributed by atoms with Gasteiger partial charge in [-0.15, -0.1) is 0 Å². The molecule has 0 aliphatic rings. The van der Waals surface area contributed by atoms with E-state index in [2.05, 4.69) is 22.5 Å². The van der Waals surface area contributed by atoms with Crippen LogP contribution in [0.25, 0.3) is 22.6 Å². The molecule has 0 saturated carbocycles. The van der Waals surface area contributed by atoms with E-state index in [1.807, 2.05) is 48.5 Å². The standard InChI is InChI=1S/C24H21N3O3S/c1-3-15-8-10-16(11-9-15)22(28)27-24(31)26-19-14-17(12-13-20(19)29-2)23-25-18-6-4-5-7-21(18)30-23/h4-14H,3H2,1-2H3,(H2,26,27,28,31). The number of ether oxygens (including phenoxy) is 1. The van der Waals surface area contributed by atoms with Crippen molar-refractivity contribution in [2.45, 2.75) is 13.3 Å². The molecule has 4 aromatic rings. The lowest BCUT2D eigenvalue weighted by molar-refractivity contribution is 0.0977. The highest BCUT2D eigenvalue weighted by molar-refractivity contribution is 7.80. The first kappa shape index (κ1) is 20.6. The second kappa shape index (κ2) is 8.97. The second-order valence-electron chi connectivity index (χ2n) is 6.86. The van der Waals surface area contributed by atoms with Gasteiger partial charge in [0, 0.05) is 11.1 Å². The van der Waals surface area contributed by atoms with Crippen molar-refractivity contribution in [3.05, 3.63) is 77.9 Å². The highest BCUT2D eigenvalue weighted by Crippen LogP contribution is 2.31. The minimum absolute atomic E-state index is 0.164. The number of aromatic nitrogens is 1. The molecule has 0 fully saturated rings. The van der Waals surface area contributed by atoms with Gasteiger partial charge in [0.25, 0.3) is 5.91 Å². The van der Waals surface area contributed by atoms with Crippen molar-refractivity contribution in [3.8, 4) is 17.2 Å². The van der Waals surface area contributed by atoms with Gasteiger partial charge in [0.05, 0.1) is 12.8 Å². The van der Waals surface area contributed by atoms with Gasteiger partial charge in [0.15, 0.2) is 10.7 Å². The Balaban J connectivity index is 1.53. The first-order valence-corrected chi connectivity index (χ1v) is 10.2. The van der Waals surface area contributed by atoms with E-state index in [0.29, 0.717) is 28.5 Å². The van der Waals surface area contributed by atoms with E-state index in [1.165, 1.54) is 0 Å². The third-order valence-electron chi connectivity index (χ3n) is 4.84. The molecule has 0 saturated heterocycles. The van der Waals surface area contributed by atoms with Gasteiger partial charge in [-0.25, -0.2) is 4.98 Å². The van der Waals surface area contributed by atoms with Crippen molar-refractivity contribution in [2.24, 2.45) is 0 Å². The maximum Gasteiger partial charge on any atom is 0.257 e. The fourth-order valence-electron chi connectivity index (χ4n) is 3.16. The Morgan fingerprint density at radius 1 is 1.10 bits per heavy atom. The Labute approximate surface area is 185 Å². The SMILES string of the molecule is CCc1ccc(C(=O)NC(=S)Nc2cc(-c3nc4ccccc4o3)ccc2OC)cc1. The maximum atomic E-state index is 12.5. The molecule has 0 aliphatic carbocycles. The zero-order valence-electron chi connectivity index (χ0n) is 17.1. The van der Waals surface area contributed by atoms with Crippen LogP contribution in [0.1, 0.15) is 22.8 Å². The number of para-hydroxylation sites is 2. The summed E-state index contributed by atoms with van der Waals surface area (Å²) in [5, 5.41) is 5.90. The predicted molar refractivity (Wildman–Crippen MR) is 126 cm³/mol. The van der Waals surface area contributed by atoms with Gasteiger partial charge in [0.1, 0.15) is 11.3 Å². The van der Waals surface area contributed by atoms with E-state index in [1.54, 1.807) is 25.3 Å². The number of aryl methyl sites for hydroxylation is 1. The number of nitrogens with one attached hydrogen (secondary N) is 2. The fourth-order valence-corrected chi connectivity index (χ4v) is 3.36. The summed E-state index contributed by atoms with van der Waals surface area (Å²) in [6.45, 7) is 2.07. The van der Waals surface area contributed by atoms with Gasteiger partial charge >= 0.3 is 0 Å². The summed E-state index contributed by atoms with van der Waals surface area (Å²) in [7, 11) is 1.57. The molecule has 1 heterocycles. The Morgan fingerprint density at radius 3 is 2.58 bits per heavy atom. The quantitative estimate of drug-likeness (QED) is 0.424. The molecule has 2 N–H and O–H groups in total. The number of oxazole rings is 1. The largest absolute Gasteiger partial charge is 0.495 e. The molecule has 31 heavy (non-hydrogen) atoms. The van der Waals surface area contributed by atoms with Crippen molar-refractivity contribution in [2.75, 3.05) is 12.4 Å². The number of anilines is 1. The number of hydrogen-bond acceptors (Lipinski definition) is 5. The van der Waals surface area contributed by atoms with Crippen LogP contribution in [0, 0.1) is 0 Å². The van der Waals surface area contributed by atoms with E-state index in [-0.39, 0.29) is 11.0 Å². The summed E-state index contributed by atoms with van der Waals surface area (Å²) >= 11 is 5.34. The van der Waals surface area contributed by atoms with E-state index < -0.39 is 0 Å². The van der Waals surface area contributed by atoms with Crippen LogP contribution in [0.3, 0.4) is 0 Å². The zero-order chi connectivity index (χ0) is 21.8. The Bertz CT molecular complexity index is 1220. The number of carbonyl (C=O) groups excluding carboxylic acids is 1. The molecule has 0 radical (unpaired) electrons. The molecule has 6 nitrogen and oxygen atoms in total. The van der Waals surface area contributed by atoms with Crippen molar-refractivity contribution in [3.63, 3.8) is 0 Å². The van der Waals surface area contributed by atoms with Crippen molar-refractivity contribution in [1.29, 1.82) is 0 Å². The molecule has 0 atom stereocenters. The van der Waals surface area contributed by atoms with Crippen molar-refractivity contribution < 1.29 is 13.9 Å². The summed E-state index contributed by atoms with van der Waals surface area (Å²) in [6.07, 6.45) is 0.915. The molecule has 4 rings (SSSR count). The zero-order valence-corrected chi connectivity index (χ0v) is 18.0. The molecular formula is C24H21N3O3S. The van der Waals surface area contributed by atoms with E-state index in [4.69, 9.17) is 21.4 Å². The summed E-state index contributed by atoms with van der Waals surface area (Å²) < 4.78 is 11.3. The van der Waals surface area contributed by atoms with E-state index in [0.717, 1.165) is 23.1 Å². The highest BCUT2D eigenvalue weighted by atomic mass is 32.1. The lowest BCUT2D eigenvalue weighted by atomic mass is 10.1. The van der Waals surface area contributed by atoms with Crippen molar-refractivity contribution in [1.82, 2.24) is 10.3 Å². The van der Waals surface area contributed by atoms with Crippen molar-refractivity contribution >= 4 is 40.0 Å². The number of rotatable bonds is 5. The first-order chi connectivity index (χ1) is 15.1. The van der Waals surface area contributed by atoms with Crippen LogP contribution in [0.5, 0.6) is 5.75 Å². The molecule has 3 aromatic carbocycles. The first-order valence-electron chi connectivity index (χ1n) is 9.82. The lowest BCUT2D eigenvalue weighted by Crippen LogP contribution is -2.34. The van der Waals surface area contributed by atoms with Gasteiger partial charge < -0.3 is 14.5 Å². The number of carbonyl (C=O) groups is 1. The number of fused-ring (bicyclic) bond motifs is 1. The minimum Gasteiger partial charge on any atom is -0.495 e. The summed E-state index contributed by atoms with van der Waals surface area (Å²) in [4.78, 5) is 17.0. The Hall–Kier alpha value is -3.71. The van der Waals surface area contributed by atoms with Gasteiger partial charge in [-0.3, -0.25) is 10.1 Å². The maximum absolute atomic E-state index is 12.5. The van der Waals surface area contributed by atoms with Gasteiger partial charge in [-0.2, -0.15) is 0 Å². The fraction of sp³-hybridized carbons (Fsp3) is 0.125. The Morgan fingerprint density at radius 2 is 1.87 bits per heavy atom. The smallest absolute Gasteiger partial charge is 0.257 e. The normalized spacial score (nSPS) is 10.6. The number of hydrogen-bond donors (Lipinski definition) is 2. The molecule has 1 amide bonds. The average molecular weight is 432 g/mol. The average Bonchev–Trinajstić information content (AvgIpc) is 3.23. The summed E-state index contributed by atoms with van der Waals surface area (Å²) in [6, 6.07) is 20.5. The third kappa shape index (κ3) is 4.57. The topological polar surface area (TPSA) is 76.4 Å². The molecule has 0 bridgehead atoms. The van der Waals surface area contributed by atoms with E-state index >= 15 is 0 Å². The van der Waals surface area contributed by atoms with Crippen LogP contribution >= 0.6 is 12.2 Å². The Kier molecular flexibility index (Phi) is 5.95. The van der Waals surface area contributed by atoms with Crippen LogP contribution in [-0.2, 0) is 6.42 Å². The summed E-state index contributed by atoms with van der Waals surface area (Å²) in [5.74, 6) is 0.774. The molecule has 7 heteroatoms. The molecular weight excluding hydrogens is 410 g/mol. The van der Waals surface area contributed by atoms with Crippen LogP contribution < -0.4 is 15.4 Å². The van der Waals surface area contributed by atoms with E-state index in [9.17, 15) is 4.79 Å². The minimum atomic E-state index is -0.283. The third-order valence-corrected chi connectivity index (χ3v) is 5.04. The lowest BCUT2D eigenvalue weighted by Gasteiger charge is -2.13. The molecule has 1 aromatic heterocycles. The second-order valence-corrected chi connectivity index (χ2v) is 7.27. The van der Waals surface area contributed by atoms with Crippen LogP contribution in [0.15, 0.2) is 71.1 Å². The number of thiocarbonyl (C=S) groups is 1.